The van der Waals surface area contributed by atoms with Crippen LogP contribution in [0.15, 0.2) is 59.5 Å². The number of aromatic carboxylic acids is 1. The second kappa shape index (κ2) is 8.11. The number of benzene rings is 2. The second-order valence-electron chi connectivity index (χ2n) is 8.33. The van der Waals surface area contributed by atoms with Crippen molar-refractivity contribution in [3.63, 3.8) is 0 Å². The first-order chi connectivity index (χ1) is 13.7. The van der Waals surface area contributed by atoms with Crippen LogP contribution in [-0.2, 0) is 18.5 Å². The summed E-state index contributed by atoms with van der Waals surface area (Å²) < 4.78 is 3.64. The van der Waals surface area contributed by atoms with Crippen LogP contribution in [0, 0.1) is 0 Å². The summed E-state index contributed by atoms with van der Waals surface area (Å²) in [6.07, 6.45) is 3.80. The maximum atomic E-state index is 13.0. The van der Waals surface area contributed by atoms with Gasteiger partial charge < -0.3 is 5.11 Å². The second-order valence-corrected chi connectivity index (χ2v) is 8.33. The summed E-state index contributed by atoms with van der Waals surface area (Å²) in [7, 11) is 0. The number of hydrogen-bond acceptors (Lipinski definition) is 2. The van der Waals surface area contributed by atoms with Crippen LogP contribution in [0.1, 0.15) is 55.7 Å². The van der Waals surface area contributed by atoms with E-state index in [-0.39, 0.29) is 16.8 Å². The molecule has 5 heteroatoms. The summed E-state index contributed by atoms with van der Waals surface area (Å²) in [6.45, 7) is 8.70. The Balaban J connectivity index is 1.94. The predicted molar refractivity (Wildman–Crippen MR) is 116 cm³/mol. The number of imidazole rings is 1. The van der Waals surface area contributed by atoms with Crippen LogP contribution < -0.4 is 5.69 Å². The lowest BCUT2D eigenvalue weighted by Crippen LogP contribution is -2.34. The zero-order chi connectivity index (χ0) is 21.2. The molecule has 2 aromatic carbocycles. The summed E-state index contributed by atoms with van der Waals surface area (Å²) in [6, 6.07) is 14.7. The van der Waals surface area contributed by atoms with Crippen LogP contribution in [-0.4, -0.2) is 20.2 Å². The van der Waals surface area contributed by atoms with Gasteiger partial charge in [-0.05, 0) is 49.9 Å². The molecule has 0 fully saturated rings. The van der Waals surface area contributed by atoms with Gasteiger partial charge >= 0.3 is 11.7 Å². The quantitative estimate of drug-likeness (QED) is 0.657. The molecule has 3 rings (SSSR count). The van der Waals surface area contributed by atoms with Gasteiger partial charge in [0.2, 0.25) is 0 Å². The third-order valence-corrected chi connectivity index (χ3v) is 5.05. The van der Waals surface area contributed by atoms with E-state index in [1.807, 2.05) is 67.9 Å². The van der Waals surface area contributed by atoms with E-state index in [9.17, 15) is 14.7 Å². The lowest BCUT2D eigenvalue weighted by Gasteiger charge is -2.19. The van der Waals surface area contributed by atoms with Gasteiger partial charge in [0.05, 0.1) is 12.1 Å². The van der Waals surface area contributed by atoms with Gasteiger partial charge in [0.1, 0.15) is 0 Å². The summed E-state index contributed by atoms with van der Waals surface area (Å²) in [5, 5.41) is 9.42. The Morgan fingerprint density at radius 1 is 1.03 bits per heavy atom. The Labute approximate surface area is 171 Å². The molecule has 0 radical (unpaired) electrons. The van der Waals surface area contributed by atoms with Gasteiger partial charge in [-0.25, -0.2) is 9.59 Å². The third-order valence-electron chi connectivity index (χ3n) is 5.05. The first kappa shape index (κ1) is 20.6. The molecule has 1 aromatic heterocycles. The van der Waals surface area contributed by atoms with Gasteiger partial charge in [-0.15, -0.1) is 0 Å². The predicted octanol–water partition coefficient (Wildman–Crippen LogP) is 4.77. The van der Waals surface area contributed by atoms with E-state index in [0.717, 1.165) is 29.7 Å². The molecule has 0 aliphatic carbocycles. The first-order valence-corrected chi connectivity index (χ1v) is 9.95. The zero-order valence-corrected chi connectivity index (χ0v) is 17.5. The maximum absolute atomic E-state index is 13.0. The fourth-order valence-electron chi connectivity index (χ4n) is 3.53. The lowest BCUT2D eigenvalue weighted by atomic mass is 9.99. The molecule has 1 heterocycles. The van der Waals surface area contributed by atoms with Crippen molar-refractivity contribution in [3.05, 3.63) is 82.0 Å². The van der Waals surface area contributed by atoms with Crippen molar-refractivity contribution < 1.29 is 9.90 Å². The molecule has 3 aromatic rings. The number of carbonyl (C=O) groups is 1. The van der Waals surface area contributed by atoms with Gasteiger partial charge in [0.25, 0.3) is 0 Å². The number of hydrogen-bond donors (Lipinski definition) is 1. The lowest BCUT2D eigenvalue weighted by molar-refractivity contribution is 0.0697. The number of rotatable bonds is 6. The highest BCUT2D eigenvalue weighted by atomic mass is 16.4. The monoisotopic (exact) mass is 392 g/mol. The van der Waals surface area contributed by atoms with Gasteiger partial charge in [-0.1, -0.05) is 55.8 Å². The van der Waals surface area contributed by atoms with Crippen molar-refractivity contribution in [2.24, 2.45) is 0 Å². The van der Waals surface area contributed by atoms with E-state index >= 15 is 0 Å². The molecule has 0 saturated carbocycles. The Morgan fingerprint density at radius 3 is 2.28 bits per heavy atom. The van der Waals surface area contributed by atoms with E-state index in [2.05, 4.69) is 6.92 Å². The minimum absolute atomic E-state index is 0.00116. The van der Waals surface area contributed by atoms with E-state index in [1.165, 1.54) is 0 Å². The van der Waals surface area contributed by atoms with Crippen LogP contribution in [0.2, 0.25) is 0 Å². The minimum Gasteiger partial charge on any atom is -0.478 e. The standard InChI is InChI=1S/C24H28N2O3/c1-5-8-19-16-26(24(2,3)4)23(29)25(19)15-17-11-13-18(14-12-17)20-9-6-7-10-21(20)22(27)28/h6-7,9-14,16H,5,8,15H2,1-4H3,(H,27,28). The zero-order valence-electron chi connectivity index (χ0n) is 17.5. The van der Waals surface area contributed by atoms with Crippen molar-refractivity contribution in [2.45, 2.75) is 52.6 Å². The maximum Gasteiger partial charge on any atom is 0.336 e. The van der Waals surface area contributed by atoms with E-state index < -0.39 is 5.97 Å². The number of carboxylic acids is 1. The summed E-state index contributed by atoms with van der Waals surface area (Å²) >= 11 is 0. The minimum atomic E-state index is -0.941. The molecule has 5 nitrogen and oxygen atoms in total. The summed E-state index contributed by atoms with van der Waals surface area (Å²) in [5.74, 6) is -0.941. The van der Waals surface area contributed by atoms with Crippen LogP contribution in [0.4, 0.5) is 0 Å². The van der Waals surface area contributed by atoms with Crippen LogP contribution >= 0.6 is 0 Å². The topological polar surface area (TPSA) is 64.2 Å². The van der Waals surface area contributed by atoms with E-state index in [4.69, 9.17) is 0 Å². The van der Waals surface area contributed by atoms with Gasteiger partial charge in [-0.3, -0.25) is 9.13 Å². The Kier molecular flexibility index (Phi) is 5.78. The van der Waals surface area contributed by atoms with Crippen molar-refractivity contribution in [2.75, 3.05) is 0 Å². The highest BCUT2D eigenvalue weighted by Crippen LogP contribution is 2.24. The van der Waals surface area contributed by atoms with Crippen molar-refractivity contribution >= 4 is 5.97 Å². The van der Waals surface area contributed by atoms with Crippen molar-refractivity contribution in [1.29, 1.82) is 0 Å². The number of aryl methyl sites for hydroxylation is 1. The molecule has 0 aliphatic rings. The van der Waals surface area contributed by atoms with Crippen LogP contribution in [0.3, 0.4) is 0 Å². The molecular formula is C24H28N2O3. The summed E-state index contributed by atoms with van der Waals surface area (Å²) in [5.41, 5.74) is 3.59. The fraction of sp³-hybridized carbons (Fsp3) is 0.333. The number of carboxylic acid groups (broad SMARTS) is 1. The Hall–Kier alpha value is -3.08. The highest BCUT2D eigenvalue weighted by Gasteiger charge is 2.20. The van der Waals surface area contributed by atoms with Gasteiger partial charge in [0, 0.05) is 17.4 Å². The normalized spacial score (nSPS) is 11.6. The largest absolute Gasteiger partial charge is 0.478 e. The molecule has 0 saturated heterocycles. The smallest absolute Gasteiger partial charge is 0.336 e. The molecule has 0 aliphatic heterocycles. The average Bonchev–Trinajstić information content (AvgIpc) is 2.99. The molecular weight excluding hydrogens is 364 g/mol. The molecule has 29 heavy (non-hydrogen) atoms. The van der Waals surface area contributed by atoms with E-state index in [0.29, 0.717) is 12.1 Å². The number of aromatic nitrogens is 2. The van der Waals surface area contributed by atoms with Crippen LogP contribution in [0.5, 0.6) is 0 Å². The van der Waals surface area contributed by atoms with Gasteiger partial charge in [-0.2, -0.15) is 0 Å². The molecule has 0 unspecified atom stereocenters. The number of nitrogens with zero attached hydrogens (tertiary/aromatic N) is 2. The SMILES string of the molecule is CCCc1cn(C(C)(C)C)c(=O)n1Cc1ccc(-c2ccccc2C(=O)O)cc1. The van der Waals surface area contributed by atoms with Gasteiger partial charge in [0.15, 0.2) is 0 Å². The molecule has 0 spiro atoms. The summed E-state index contributed by atoms with van der Waals surface area (Å²) in [4.78, 5) is 24.5. The molecule has 1 N–H and O–H groups in total. The van der Waals surface area contributed by atoms with Crippen LogP contribution in [0.25, 0.3) is 11.1 Å². The van der Waals surface area contributed by atoms with E-state index in [1.54, 1.807) is 16.7 Å². The highest BCUT2D eigenvalue weighted by molar-refractivity contribution is 5.95. The molecule has 0 bridgehead atoms. The fourth-order valence-corrected chi connectivity index (χ4v) is 3.53. The van der Waals surface area contributed by atoms with Crippen molar-refractivity contribution in [1.82, 2.24) is 9.13 Å². The molecule has 0 atom stereocenters. The molecule has 152 valence electrons. The first-order valence-electron chi connectivity index (χ1n) is 9.95. The average molecular weight is 392 g/mol. The Bertz CT molecular complexity index is 1070. The molecule has 0 amide bonds. The Morgan fingerprint density at radius 2 is 1.69 bits per heavy atom. The van der Waals surface area contributed by atoms with Crippen molar-refractivity contribution in [3.8, 4) is 11.1 Å². The third kappa shape index (κ3) is 4.34.